The van der Waals surface area contributed by atoms with Crippen molar-refractivity contribution in [3.63, 3.8) is 0 Å². The minimum absolute atomic E-state index is 0.0338. The molecule has 0 aliphatic heterocycles. The first-order valence-corrected chi connectivity index (χ1v) is 5.62. The molecule has 0 fully saturated rings. The number of halogens is 3. The average Bonchev–Trinajstić information content (AvgIpc) is 2.26. The number of rotatable bonds is 6. The van der Waals surface area contributed by atoms with Crippen molar-refractivity contribution in [1.82, 2.24) is 0 Å². The molecule has 0 radical (unpaired) electrons. The molecule has 0 spiro atoms. The van der Waals surface area contributed by atoms with E-state index in [4.69, 9.17) is 4.74 Å². The Labute approximate surface area is 94.0 Å². The van der Waals surface area contributed by atoms with Crippen molar-refractivity contribution >= 4 is 0 Å². The van der Waals surface area contributed by atoms with Crippen LogP contribution < -0.4 is 0 Å². The molecule has 4 heteroatoms. The van der Waals surface area contributed by atoms with E-state index in [0.29, 0.717) is 6.42 Å². The maximum atomic E-state index is 13.8. The van der Waals surface area contributed by atoms with Gasteiger partial charge in [-0.25, -0.2) is 13.2 Å². The van der Waals surface area contributed by atoms with Crippen LogP contribution >= 0.6 is 0 Å². The second-order valence-electron chi connectivity index (χ2n) is 3.86. The zero-order chi connectivity index (χ0) is 12.0. The van der Waals surface area contributed by atoms with E-state index in [9.17, 15) is 13.2 Å². The van der Waals surface area contributed by atoms with Crippen LogP contribution in [0.4, 0.5) is 13.2 Å². The first kappa shape index (κ1) is 13.3. The molecule has 0 bridgehead atoms. The van der Waals surface area contributed by atoms with E-state index in [1.165, 1.54) is 0 Å². The minimum Gasteiger partial charge on any atom is -0.338 e. The van der Waals surface area contributed by atoms with Crippen LogP contribution in [0.1, 0.15) is 32.6 Å². The molecule has 1 aliphatic carbocycles. The van der Waals surface area contributed by atoms with Crippen molar-refractivity contribution in [2.45, 2.75) is 44.6 Å². The quantitative estimate of drug-likeness (QED) is 0.631. The molecular weight excluding hydrogens is 217 g/mol. The molecule has 0 aromatic rings. The average molecular weight is 234 g/mol. The summed E-state index contributed by atoms with van der Waals surface area (Å²) in [7, 11) is 0. The van der Waals surface area contributed by atoms with E-state index in [0.717, 1.165) is 37.5 Å². The Morgan fingerprint density at radius 2 is 2.12 bits per heavy atom. The molecular formula is C12H17F3O. The van der Waals surface area contributed by atoms with E-state index >= 15 is 0 Å². The summed E-state index contributed by atoms with van der Waals surface area (Å²) in [5, 5.41) is 0. The summed E-state index contributed by atoms with van der Waals surface area (Å²) in [6, 6.07) is 0. The number of ether oxygens (including phenoxy) is 1. The lowest BCUT2D eigenvalue weighted by molar-refractivity contribution is -0.161. The summed E-state index contributed by atoms with van der Waals surface area (Å²) in [5.41, 5.74) is 0. The summed E-state index contributed by atoms with van der Waals surface area (Å²) >= 11 is 0. The Bertz CT molecular complexity index is 275. The zero-order valence-corrected chi connectivity index (χ0v) is 9.39. The van der Waals surface area contributed by atoms with Gasteiger partial charge in [0.05, 0.1) is 6.61 Å². The fourth-order valence-electron chi connectivity index (χ4n) is 1.50. The Morgan fingerprint density at radius 3 is 2.75 bits per heavy atom. The van der Waals surface area contributed by atoms with Crippen LogP contribution in [-0.2, 0) is 4.74 Å². The zero-order valence-electron chi connectivity index (χ0n) is 9.39. The first-order chi connectivity index (χ1) is 7.61. The predicted molar refractivity (Wildman–Crippen MR) is 57.2 cm³/mol. The van der Waals surface area contributed by atoms with Crippen molar-refractivity contribution in [3.8, 4) is 0 Å². The summed E-state index contributed by atoms with van der Waals surface area (Å²) in [4.78, 5) is 0. The van der Waals surface area contributed by atoms with Gasteiger partial charge in [-0.15, -0.1) is 0 Å². The van der Waals surface area contributed by atoms with Crippen molar-refractivity contribution in [2.75, 3.05) is 6.61 Å². The number of hydrogen-bond acceptors (Lipinski definition) is 1. The molecule has 92 valence electrons. The second-order valence-corrected chi connectivity index (χ2v) is 3.86. The van der Waals surface area contributed by atoms with Crippen LogP contribution in [0.3, 0.4) is 0 Å². The van der Waals surface area contributed by atoms with E-state index in [1.54, 1.807) is 0 Å². The Morgan fingerprint density at radius 1 is 1.38 bits per heavy atom. The van der Waals surface area contributed by atoms with Crippen LogP contribution in [0.25, 0.3) is 0 Å². The maximum absolute atomic E-state index is 13.8. The Kier molecular flexibility index (Phi) is 5.06. The van der Waals surface area contributed by atoms with E-state index < -0.39 is 17.9 Å². The van der Waals surface area contributed by atoms with Crippen LogP contribution in [0.2, 0.25) is 0 Å². The SMILES string of the molecule is CCCCCCOC1(F)C(F)=CC=CC1F. The highest BCUT2D eigenvalue weighted by atomic mass is 19.2. The number of hydrogen-bond donors (Lipinski definition) is 0. The second kappa shape index (κ2) is 6.09. The number of alkyl halides is 2. The lowest BCUT2D eigenvalue weighted by Gasteiger charge is -2.27. The van der Waals surface area contributed by atoms with Gasteiger partial charge >= 0.3 is 0 Å². The van der Waals surface area contributed by atoms with E-state index in [2.05, 4.69) is 0 Å². The monoisotopic (exact) mass is 234 g/mol. The van der Waals surface area contributed by atoms with Crippen LogP contribution in [-0.4, -0.2) is 18.6 Å². The van der Waals surface area contributed by atoms with Gasteiger partial charge < -0.3 is 4.74 Å². The number of allylic oxidation sites excluding steroid dienone is 2. The minimum atomic E-state index is -2.92. The van der Waals surface area contributed by atoms with Crippen LogP contribution in [0.5, 0.6) is 0 Å². The molecule has 1 aliphatic rings. The van der Waals surface area contributed by atoms with Crippen LogP contribution in [0.15, 0.2) is 24.1 Å². The largest absolute Gasteiger partial charge is 0.338 e. The molecule has 0 aromatic carbocycles. The molecule has 16 heavy (non-hydrogen) atoms. The molecule has 2 unspecified atom stereocenters. The summed E-state index contributed by atoms with van der Waals surface area (Å²) in [6.07, 6.45) is 4.48. The van der Waals surface area contributed by atoms with E-state index in [1.807, 2.05) is 6.92 Å². The van der Waals surface area contributed by atoms with Crippen molar-refractivity contribution in [3.05, 3.63) is 24.1 Å². The first-order valence-electron chi connectivity index (χ1n) is 5.62. The van der Waals surface area contributed by atoms with Gasteiger partial charge in [-0.2, -0.15) is 0 Å². The standard InChI is InChI=1S/C12H17F3O/c1-2-3-4-5-9-16-12(15)10(13)7-6-8-11(12)14/h6-8,10H,2-5,9H2,1H3. The van der Waals surface area contributed by atoms with Gasteiger partial charge in [-0.3, -0.25) is 0 Å². The number of unbranched alkanes of at least 4 members (excludes halogenated alkanes) is 3. The predicted octanol–water partition coefficient (Wildman–Crippen LogP) is 4.01. The van der Waals surface area contributed by atoms with Gasteiger partial charge in [0.2, 0.25) is 0 Å². The fraction of sp³-hybridized carbons (Fsp3) is 0.667. The topological polar surface area (TPSA) is 9.23 Å². The Hall–Kier alpha value is -0.770. The maximum Gasteiger partial charge on any atom is 0.296 e. The highest BCUT2D eigenvalue weighted by molar-refractivity contribution is 5.24. The Balaban J connectivity index is 2.39. The molecule has 0 heterocycles. The van der Waals surface area contributed by atoms with E-state index in [-0.39, 0.29) is 6.61 Å². The molecule has 0 saturated carbocycles. The van der Waals surface area contributed by atoms with Gasteiger partial charge in [-0.1, -0.05) is 32.3 Å². The summed E-state index contributed by atoms with van der Waals surface area (Å²) < 4.78 is 44.8. The molecule has 1 nitrogen and oxygen atoms in total. The fourth-order valence-corrected chi connectivity index (χ4v) is 1.50. The highest BCUT2D eigenvalue weighted by Gasteiger charge is 2.45. The lowest BCUT2D eigenvalue weighted by Crippen LogP contribution is -2.39. The summed E-state index contributed by atoms with van der Waals surface area (Å²) in [6.45, 7) is 2.08. The molecule has 0 amide bonds. The van der Waals surface area contributed by atoms with Gasteiger partial charge in [-0.05, 0) is 18.6 Å². The highest BCUT2D eigenvalue weighted by Crippen LogP contribution is 2.34. The van der Waals surface area contributed by atoms with Gasteiger partial charge in [0.15, 0.2) is 12.0 Å². The third-order valence-electron chi connectivity index (χ3n) is 2.51. The van der Waals surface area contributed by atoms with Gasteiger partial charge in [0.1, 0.15) is 0 Å². The molecule has 0 aromatic heterocycles. The lowest BCUT2D eigenvalue weighted by atomic mass is 10.1. The van der Waals surface area contributed by atoms with Crippen LogP contribution in [0, 0.1) is 0 Å². The third-order valence-corrected chi connectivity index (χ3v) is 2.51. The molecule has 1 rings (SSSR count). The smallest absolute Gasteiger partial charge is 0.296 e. The van der Waals surface area contributed by atoms with Gasteiger partial charge in [0.25, 0.3) is 5.85 Å². The van der Waals surface area contributed by atoms with Crippen molar-refractivity contribution in [2.24, 2.45) is 0 Å². The summed E-state index contributed by atoms with van der Waals surface area (Å²) in [5.74, 6) is -4.11. The molecule has 2 atom stereocenters. The van der Waals surface area contributed by atoms with Crippen molar-refractivity contribution < 1.29 is 17.9 Å². The van der Waals surface area contributed by atoms with Gasteiger partial charge in [0, 0.05) is 0 Å². The van der Waals surface area contributed by atoms with Crippen molar-refractivity contribution in [1.29, 1.82) is 0 Å². The molecule has 0 N–H and O–H groups in total. The third kappa shape index (κ3) is 3.11. The normalized spacial score (nSPS) is 29.2. The molecule has 0 saturated heterocycles.